The number of hydrogen-bond donors (Lipinski definition) is 1. The van der Waals surface area contributed by atoms with Crippen molar-refractivity contribution in [2.45, 2.75) is 19.3 Å². The molecule has 18 heavy (non-hydrogen) atoms. The van der Waals surface area contributed by atoms with E-state index in [9.17, 15) is 4.79 Å². The molecule has 1 amide bonds. The zero-order chi connectivity index (χ0) is 13.7. The lowest BCUT2D eigenvalue weighted by molar-refractivity contribution is -0.117. The highest BCUT2D eigenvalue weighted by Gasteiger charge is 2.19. The Labute approximate surface area is 120 Å². The Morgan fingerprint density at radius 2 is 1.94 bits per heavy atom. The van der Waals surface area contributed by atoms with Crippen molar-refractivity contribution >= 4 is 33.4 Å². The van der Waals surface area contributed by atoms with Crippen LogP contribution in [0.4, 0.5) is 0 Å². The Kier molecular flexibility index (Phi) is 6.08. The molecule has 0 fully saturated rings. The fraction of sp³-hybridized carbons (Fsp3) is 0.417. The lowest BCUT2D eigenvalue weighted by atomic mass is 10.2. The summed E-state index contributed by atoms with van der Waals surface area (Å²) in [5.41, 5.74) is 0.479. The predicted octanol–water partition coefficient (Wildman–Crippen LogP) is 2.84. The Morgan fingerprint density at radius 3 is 2.44 bits per heavy atom. The van der Waals surface area contributed by atoms with Gasteiger partial charge in [0.1, 0.15) is 0 Å². The molecule has 0 aliphatic rings. The number of benzene rings is 1. The Balaban J connectivity index is 2.76. The third-order valence-electron chi connectivity index (χ3n) is 2.36. The molecule has 1 unspecified atom stereocenters. The fourth-order valence-electron chi connectivity index (χ4n) is 1.55. The number of rotatable bonds is 5. The highest BCUT2D eigenvalue weighted by molar-refractivity contribution is 9.10. The standard InChI is InChI=1S/C12H15BrClNO3/c1-7(12(17-2)18-3)15-11(16)8-4-9(13)6-10(14)5-8/h4-7,12H,1-3H3,(H,15,16). The molecule has 0 bridgehead atoms. The predicted molar refractivity (Wildman–Crippen MR) is 73.9 cm³/mol. The lowest BCUT2D eigenvalue weighted by Gasteiger charge is -2.22. The second-order valence-electron chi connectivity index (χ2n) is 3.76. The summed E-state index contributed by atoms with van der Waals surface area (Å²) in [4.78, 5) is 12.0. The van der Waals surface area contributed by atoms with Crippen LogP contribution in [0.25, 0.3) is 0 Å². The normalized spacial score (nSPS) is 12.6. The maximum Gasteiger partial charge on any atom is 0.251 e. The first-order valence-corrected chi connectivity index (χ1v) is 6.47. The third kappa shape index (κ3) is 4.24. The van der Waals surface area contributed by atoms with E-state index >= 15 is 0 Å². The number of halogens is 2. The van der Waals surface area contributed by atoms with Gasteiger partial charge in [-0.15, -0.1) is 0 Å². The van der Waals surface area contributed by atoms with Gasteiger partial charge in [0, 0.05) is 29.3 Å². The van der Waals surface area contributed by atoms with E-state index in [1.54, 1.807) is 25.1 Å². The molecule has 4 nitrogen and oxygen atoms in total. The molecule has 0 radical (unpaired) electrons. The average Bonchev–Trinajstić information content (AvgIpc) is 2.29. The van der Waals surface area contributed by atoms with Crippen LogP contribution >= 0.6 is 27.5 Å². The quantitative estimate of drug-likeness (QED) is 0.841. The molecule has 0 aliphatic heterocycles. The molecular weight excluding hydrogens is 321 g/mol. The first kappa shape index (κ1) is 15.4. The molecule has 1 aromatic carbocycles. The monoisotopic (exact) mass is 335 g/mol. The molecule has 0 saturated heterocycles. The molecule has 1 N–H and O–H groups in total. The Bertz CT molecular complexity index is 404. The van der Waals surface area contributed by atoms with Gasteiger partial charge >= 0.3 is 0 Å². The van der Waals surface area contributed by atoms with Crippen LogP contribution in [-0.2, 0) is 9.47 Å². The molecule has 0 aromatic heterocycles. The number of amides is 1. The average molecular weight is 337 g/mol. The summed E-state index contributed by atoms with van der Waals surface area (Å²) in [5, 5.41) is 3.28. The van der Waals surface area contributed by atoms with E-state index in [-0.39, 0.29) is 11.9 Å². The summed E-state index contributed by atoms with van der Waals surface area (Å²) in [6.07, 6.45) is -0.489. The minimum absolute atomic E-state index is 0.232. The van der Waals surface area contributed by atoms with Crippen molar-refractivity contribution < 1.29 is 14.3 Å². The van der Waals surface area contributed by atoms with Gasteiger partial charge < -0.3 is 14.8 Å². The van der Waals surface area contributed by atoms with Crippen molar-refractivity contribution in [2.75, 3.05) is 14.2 Å². The molecular formula is C12H15BrClNO3. The number of carbonyl (C=O) groups is 1. The largest absolute Gasteiger partial charge is 0.354 e. The Hall–Kier alpha value is -0.620. The first-order valence-electron chi connectivity index (χ1n) is 5.30. The Morgan fingerprint density at radius 1 is 1.33 bits per heavy atom. The van der Waals surface area contributed by atoms with Crippen LogP contribution in [0.3, 0.4) is 0 Å². The summed E-state index contributed by atoms with van der Waals surface area (Å²) in [7, 11) is 3.04. The van der Waals surface area contributed by atoms with Gasteiger partial charge in [-0.25, -0.2) is 0 Å². The van der Waals surface area contributed by atoms with E-state index in [4.69, 9.17) is 21.1 Å². The molecule has 0 saturated carbocycles. The summed E-state index contributed by atoms with van der Waals surface area (Å²) in [6, 6.07) is 4.74. The van der Waals surface area contributed by atoms with E-state index in [0.717, 1.165) is 4.47 Å². The van der Waals surface area contributed by atoms with Crippen molar-refractivity contribution in [1.29, 1.82) is 0 Å². The number of methoxy groups -OCH3 is 2. The molecule has 0 heterocycles. The highest BCUT2D eigenvalue weighted by Crippen LogP contribution is 2.19. The molecule has 0 spiro atoms. The lowest BCUT2D eigenvalue weighted by Crippen LogP contribution is -2.42. The number of hydrogen-bond acceptors (Lipinski definition) is 3. The van der Waals surface area contributed by atoms with Crippen molar-refractivity contribution in [1.82, 2.24) is 5.32 Å². The molecule has 1 rings (SSSR count). The molecule has 1 aromatic rings. The van der Waals surface area contributed by atoms with E-state index in [2.05, 4.69) is 21.2 Å². The van der Waals surface area contributed by atoms with Crippen molar-refractivity contribution in [3.05, 3.63) is 33.3 Å². The van der Waals surface area contributed by atoms with Crippen LogP contribution in [0.5, 0.6) is 0 Å². The SMILES string of the molecule is COC(OC)C(C)NC(=O)c1cc(Cl)cc(Br)c1. The maximum absolute atomic E-state index is 12.0. The van der Waals surface area contributed by atoms with Gasteiger partial charge in [0.25, 0.3) is 5.91 Å². The summed E-state index contributed by atoms with van der Waals surface area (Å²) < 4.78 is 10.9. The molecule has 6 heteroatoms. The van der Waals surface area contributed by atoms with Crippen LogP contribution in [0.2, 0.25) is 5.02 Å². The smallest absolute Gasteiger partial charge is 0.251 e. The zero-order valence-corrected chi connectivity index (χ0v) is 12.7. The van der Waals surface area contributed by atoms with Gasteiger partial charge in [-0.3, -0.25) is 4.79 Å². The van der Waals surface area contributed by atoms with Gasteiger partial charge in [-0.05, 0) is 25.1 Å². The maximum atomic E-state index is 12.0. The van der Waals surface area contributed by atoms with Crippen molar-refractivity contribution in [3.63, 3.8) is 0 Å². The van der Waals surface area contributed by atoms with Crippen LogP contribution in [0.15, 0.2) is 22.7 Å². The second kappa shape index (κ2) is 7.09. The fourth-order valence-corrected chi connectivity index (χ4v) is 2.41. The van der Waals surface area contributed by atoms with E-state index in [1.165, 1.54) is 14.2 Å². The first-order chi connectivity index (χ1) is 8.47. The van der Waals surface area contributed by atoms with Gasteiger partial charge in [0.15, 0.2) is 6.29 Å². The van der Waals surface area contributed by atoms with Gasteiger partial charge in [-0.1, -0.05) is 27.5 Å². The van der Waals surface area contributed by atoms with Crippen LogP contribution in [0.1, 0.15) is 17.3 Å². The van der Waals surface area contributed by atoms with E-state index in [0.29, 0.717) is 10.6 Å². The molecule has 0 aliphatic carbocycles. The van der Waals surface area contributed by atoms with E-state index < -0.39 is 6.29 Å². The third-order valence-corrected chi connectivity index (χ3v) is 3.03. The number of carbonyl (C=O) groups excluding carboxylic acids is 1. The summed E-state index contributed by atoms with van der Waals surface area (Å²) in [5.74, 6) is -0.232. The van der Waals surface area contributed by atoms with Crippen molar-refractivity contribution in [2.24, 2.45) is 0 Å². The zero-order valence-electron chi connectivity index (χ0n) is 10.4. The topological polar surface area (TPSA) is 47.6 Å². The van der Waals surface area contributed by atoms with Crippen molar-refractivity contribution in [3.8, 4) is 0 Å². The summed E-state index contributed by atoms with van der Waals surface area (Å²) >= 11 is 9.18. The minimum Gasteiger partial charge on any atom is -0.354 e. The van der Waals surface area contributed by atoms with Crippen LogP contribution < -0.4 is 5.32 Å². The summed E-state index contributed by atoms with van der Waals surface area (Å²) in [6.45, 7) is 1.80. The van der Waals surface area contributed by atoms with E-state index in [1.807, 2.05) is 0 Å². The highest BCUT2D eigenvalue weighted by atomic mass is 79.9. The molecule has 100 valence electrons. The van der Waals surface area contributed by atoms with Gasteiger partial charge in [0.2, 0.25) is 0 Å². The van der Waals surface area contributed by atoms with Crippen LogP contribution in [-0.4, -0.2) is 32.5 Å². The van der Waals surface area contributed by atoms with Gasteiger partial charge in [0.05, 0.1) is 6.04 Å². The van der Waals surface area contributed by atoms with Crippen LogP contribution in [0, 0.1) is 0 Å². The number of nitrogens with one attached hydrogen (secondary N) is 1. The number of ether oxygens (including phenoxy) is 2. The van der Waals surface area contributed by atoms with Gasteiger partial charge in [-0.2, -0.15) is 0 Å². The second-order valence-corrected chi connectivity index (χ2v) is 5.11. The molecule has 1 atom stereocenters. The minimum atomic E-state index is -0.489.